The van der Waals surface area contributed by atoms with E-state index < -0.39 is 15.2 Å². The summed E-state index contributed by atoms with van der Waals surface area (Å²) in [6, 6.07) is 10.3. The molecule has 2 aliphatic rings. The molecule has 4 nitrogen and oxygen atoms in total. The summed E-state index contributed by atoms with van der Waals surface area (Å²) in [6.45, 7) is 0. The third-order valence-corrected chi connectivity index (χ3v) is 6.13. The third kappa shape index (κ3) is 3.30. The van der Waals surface area contributed by atoms with E-state index in [0.29, 0.717) is 12.3 Å². The number of rotatable bonds is 3. The first kappa shape index (κ1) is 15.8. The van der Waals surface area contributed by atoms with Crippen molar-refractivity contribution in [1.29, 1.82) is 0 Å². The van der Waals surface area contributed by atoms with E-state index in [1.54, 1.807) is 0 Å². The first-order chi connectivity index (χ1) is 10.4. The lowest BCUT2D eigenvalue weighted by Crippen LogP contribution is -2.38. The summed E-state index contributed by atoms with van der Waals surface area (Å²) in [5.74, 6) is -0.115. The molecule has 0 aromatic heterocycles. The zero-order valence-electron chi connectivity index (χ0n) is 12.2. The number of halogens is 1. The van der Waals surface area contributed by atoms with Crippen LogP contribution in [0.2, 0.25) is 0 Å². The molecule has 0 bridgehead atoms. The lowest BCUT2D eigenvalue weighted by molar-refractivity contribution is -0.141. The third-order valence-electron chi connectivity index (χ3n) is 5.06. The maximum Gasteiger partial charge on any atom is 0.306 e. The number of carbonyl (C=O) groups is 1. The van der Waals surface area contributed by atoms with Gasteiger partial charge in [0.25, 0.3) is 0 Å². The van der Waals surface area contributed by atoms with Gasteiger partial charge in [-0.1, -0.05) is 30.3 Å². The molecule has 1 saturated heterocycles. The summed E-state index contributed by atoms with van der Waals surface area (Å²) in [6.07, 6.45) is 3.20. The molecule has 1 aliphatic carbocycles. The molecule has 1 aromatic carbocycles. The first-order valence-corrected chi connectivity index (χ1v) is 10.0. The number of cyclic esters (lactones) is 1. The van der Waals surface area contributed by atoms with Crippen molar-refractivity contribution in [3.05, 3.63) is 35.9 Å². The predicted molar refractivity (Wildman–Crippen MR) is 84.2 cm³/mol. The van der Waals surface area contributed by atoms with Crippen LogP contribution in [0.4, 0.5) is 0 Å². The van der Waals surface area contributed by atoms with Gasteiger partial charge in [0.15, 0.2) is 0 Å². The van der Waals surface area contributed by atoms with Gasteiger partial charge in [0.1, 0.15) is 11.9 Å². The Morgan fingerprint density at radius 1 is 1.18 bits per heavy atom. The van der Waals surface area contributed by atoms with Crippen LogP contribution in [-0.2, 0) is 18.6 Å². The molecule has 1 atom stereocenters. The Bertz CT molecular complexity index is 648. The molecule has 1 spiro atoms. The van der Waals surface area contributed by atoms with Gasteiger partial charge in [0.05, 0.1) is 6.42 Å². The topological polar surface area (TPSA) is 60.4 Å². The Balaban J connectivity index is 1.74. The van der Waals surface area contributed by atoms with Crippen LogP contribution in [0, 0.1) is 5.41 Å². The largest absolute Gasteiger partial charge is 0.461 e. The molecule has 0 amide bonds. The van der Waals surface area contributed by atoms with E-state index in [9.17, 15) is 13.2 Å². The van der Waals surface area contributed by atoms with Crippen LogP contribution in [0.15, 0.2) is 30.3 Å². The molecule has 6 heteroatoms. The van der Waals surface area contributed by atoms with Crippen molar-refractivity contribution < 1.29 is 17.9 Å². The van der Waals surface area contributed by atoms with Crippen molar-refractivity contribution in [3.8, 4) is 0 Å². The molecule has 1 heterocycles. The van der Waals surface area contributed by atoms with E-state index in [2.05, 4.69) is 12.1 Å². The van der Waals surface area contributed by atoms with Crippen LogP contribution in [0.1, 0.15) is 43.6 Å². The van der Waals surface area contributed by atoms with Crippen molar-refractivity contribution in [3.63, 3.8) is 0 Å². The van der Waals surface area contributed by atoms with Crippen molar-refractivity contribution in [2.24, 2.45) is 5.41 Å². The van der Waals surface area contributed by atoms with Crippen LogP contribution in [0.5, 0.6) is 0 Å². The van der Waals surface area contributed by atoms with Crippen molar-refractivity contribution >= 4 is 25.7 Å². The molecule has 120 valence electrons. The summed E-state index contributed by atoms with van der Waals surface area (Å²) in [5, 5.41) is 0. The van der Waals surface area contributed by atoms with Crippen molar-refractivity contribution in [2.45, 2.75) is 44.1 Å². The van der Waals surface area contributed by atoms with Gasteiger partial charge < -0.3 is 4.74 Å². The van der Waals surface area contributed by atoms with Crippen LogP contribution < -0.4 is 0 Å². The monoisotopic (exact) mass is 342 g/mol. The Hall–Kier alpha value is -1.07. The zero-order valence-corrected chi connectivity index (χ0v) is 13.8. The number of esters is 1. The molecule has 22 heavy (non-hydrogen) atoms. The van der Waals surface area contributed by atoms with Crippen LogP contribution >= 0.6 is 10.7 Å². The Morgan fingerprint density at radius 2 is 1.82 bits per heavy atom. The van der Waals surface area contributed by atoms with Gasteiger partial charge >= 0.3 is 5.97 Å². The molecule has 1 unspecified atom stereocenters. The second-order valence-electron chi connectivity index (χ2n) is 6.41. The number of ether oxygens (including phenoxy) is 1. The minimum atomic E-state index is -3.68. The lowest BCUT2D eigenvalue weighted by Gasteiger charge is -2.39. The fourth-order valence-corrected chi connectivity index (χ4v) is 4.99. The number of hydrogen-bond acceptors (Lipinski definition) is 4. The normalized spacial score (nSPS) is 32.1. The Labute approximate surface area is 135 Å². The van der Waals surface area contributed by atoms with E-state index in [1.165, 1.54) is 5.56 Å². The number of hydrogen-bond donors (Lipinski definition) is 0. The second kappa shape index (κ2) is 5.85. The standard InChI is InChI=1S/C16H19ClO4S/c17-22(19,20)11-14-16(10-15(18)21-14)8-6-13(7-9-16)12-4-2-1-3-5-12/h1-5,13-14H,6-11H2. The Kier molecular flexibility index (Phi) is 4.21. The van der Waals surface area contributed by atoms with E-state index >= 15 is 0 Å². The lowest BCUT2D eigenvalue weighted by atomic mass is 9.66. The van der Waals surface area contributed by atoms with E-state index in [0.717, 1.165) is 25.7 Å². The summed E-state index contributed by atoms with van der Waals surface area (Å²) in [7, 11) is 1.69. The highest BCUT2D eigenvalue weighted by Crippen LogP contribution is 2.51. The fourth-order valence-electron chi connectivity index (χ4n) is 3.87. The maximum absolute atomic E-state index is 11.7. The van der Waals surface area contributed by atoms with Crippen LogP contribution in [-0.4, -0.2) is 26.2 Å². The van der Waals surface area contributed by atoms with Crippen LogP contribution in [0.25, 0.3) is 0 Å². The highest BCUT2D eigenvalue weighted by molar-refractivity contribution is 8.13. The highest BCUT2D eigenvalue weighted by atomic mass is 35.7. The average molecular weight is 343 g/mol. The molecule has 2 fully saturated rings. The minimum absolute atomic E-state index is 0.281. The van der Waals surface area contributed by atoms with Gasteiger partial charge in [-0.05, 0) is 37.2 Å². The fraction of sp³-hybridized carbons (Fsp3) is 0.562. The smallest absolute Gasteiger partial charge is 0.306 e. The van der Waals surface area contributed by atoms with E-state index in [4.69, 9.17) is 15.4 Å². The molecule has 1 aliphatic heterocycles. The second-order valence-corrected chi connectivity index (χ2v) is 9.23. The van der Waals surface area contributed by atoms with Gasteiger partial charge in [-0.2, -0.15) is 0 Å². The van der Waals surface area contributed by atoms with Gasteiger partial charge in [-0.3, -0.25) is 4.79 Å². The Morgan fingerprint density at radius 3 is 2.41 bits per heavy atom. The van der Waals surface area contributed by atoms with E-state index in [1.807, 2.05) is 18.2 Å². The first-order valence-electron chi connectivity index (χ1n) is 7.55. The molecule has 1 aromatic rings. The molecule has 0 radical (unpaired) electrons. The quantitative estimate of drug-likeness (QED) is 0.625. The van der Waals surface area contributed by atoms with Gasteiger partial charge in [-0.25, -0.2) is 8.42 Å². The minimum Gasteiger partial charge on any atom is -0.461 e. The molecule has 3 rings (SSSR count). The molecular weight excluding hydrogens is 324 g/mol. The van der Waals surface area contributed by atoms with Gasteiger partial charge in [0, 0.05) is 16.1 Å². The molecule has 1 saturated carbocycles. The SMILES string of the molecule is O=C1CC2(CCC(c3ccccc3)CC2)C(CS(=O)(=O)Cl)O1. The molecular formula is C16H19ClO4S. The average Bonchev–Trinajstić information content (AvgIpc) is 2.74. The number of carbonyl (C=O) groups excluding carboxylic acids is 1. The van der Waals surface area contributed by atoms with Crippen LogP contribution in [0.3, 0.4) is 0 Å². The van der Waals surface area contributed by atoms with Gasteiger partial charge in [0.2, 0.25) is 9.05 Å². The highest BCUT2D eigenvalue weighted by Gasteiger charge is 2.51. The predicted octanol–water partition coefficient (Wildman–Crippen LogP) is 3.21. The van der Waals surface area contributed by atoms with E-state index in [-0.39, 0.29) is 17.1 Å². The summed E-state index contributed by atoms with van der Waals surface area (Å²) >= 11 is 0. The number of benzene rings is 1. The zero-order chi connectivity index (χ0) is 15.8. The summed E-state index contributed by atoms with van der Waals surface area (Å²) < 4.78 is 28.0. The summed E-state index contributed by atoms with van der Waals surface area (Å²) in [4.78, 5) is 11.7. The van der Waals surface area contributed by atoms with Gasteiger partial charge in [-0.15, -0.1) is 0 Å². The maximum atomic E-state index is 11.7. The van der Waals surface area contributed by atoms with Crippen molar-refractivity contribution in [2.75, 3.05) is 5.75 Å². The molecule has 0 N–H and O–H groups in total. The summed E-state index contributed by atoms with van der Waals surface area (Å²) in [5.41, 5.74) is 0.953. The van der Waals surface area contributed by atoms with Crippen molar-refractivity contribution in [1.82, 2.24) is 0 Å².